The van der Waals surface area contributed by atoms with Crippen molar-refractivity contribution in [1.29, 1.82) is 0 Å². The molecule has 3 unspecified atom stereocenters. The van der Waals surface area contributed by atoms with E-state index in [0.717, 1.165) is 24.9 Å². The summed E-state index contributed by atoms with van der Waals surface area (Å²) in [4.78, 5) is 13.1. The minimum atomic E-state index is -0.299. The van der Waals surface area contributed by atoms with E-state index in [0.29, 0.717) is 6.04 Å². The number of nitro benzene ring substituents is 1. The maximum Gasteiger partial charge on any atom is 0.274 e. The van der Waals surface area contributed by atoms with Crippen LogP contribution in [0.4, 0.5) is 5.69 Å². The lowest BCUT2D eigenvalue weighted by molar-refractivity contribution is -0.386. The summed E-state index contributed by atoms with van der Waals surface area (Å²) in [7, 11) is 0. The van der Waals surface area contributed by atoms with Crippen molar-refractivity contribution in [3.63, 3.8) is 0 Å². The van der Waals surface area contributed by atoms with E-state index in [9.17, 15) is 10.1 Å². The van der Waals surface area contributed by atoms with Gasteiger partial charge in [-0.05, 0) is 26.7 Å². The summed E-state index contributed by atoms with van der Waals surface area (Å²) in [5.41, 5.74) is 6.96. The van der Waals surface area contributed by atoms with Gasteiger partial charge < -0.3 is 5.73 Å². The van der Waals surface area contributed by atoms with E-state index >= 15 is 0 Å². The van der Waals surface area contributed by atoms with Crippen molar-refractivity contribution in [3.8, 4) is 0 Å². The normalized spacial score (nSPS) is 26.1. The van der Waals surface area contributed by atoms with Crippen LogP contribution in [0, 0.1) is 10.1 Å². The Morgan fingerprint density at radius 1 is 1.47 bits per heavy atom. The SMILES string of the molecule is CC1CC(N)CCN1C(C)c1ccccc1[N+](=O)[O-]. The van der Waals surface area contributed by atoms with Crippen molar-refractivity contribution in [1.82, 2.24) is 4.90 Å². The molecule has 1 heterocycles. The first-order valence-electron chi connectivity index (χ1n) is 6.75. The Labute approximate surface area is 113 Å². The molecule has 1 aliphatic heterocycles. The van der Waals surface area contributed by atoms with Crippen LogP contribution in [-0.2, 0) is 0 Å². The third-order valence-corrected chi connectivity index (χ3v) is 4.05. The Balaban J connectivity index is 2.24. The number of para-hydroxylation sites is 1. The van der Waals surface area contributed by atoms with Crippen LogP contribution in [0.25, 0.3) is 0 Å². The number of benzene rings is 1. The van der Waals surface area contributed by atoms with E-state index < -0.39 is 0 Å². The molecule has 0 amide bonds. The van der Waals surface area contributed by atoms with Gasteiger partial charge in [0.2, 0.25) is 0 Å². The van der Waals surface area contributed by atoms with E-state index in [1.807, 2.05) is 19.1 Å². The van der Waals surface area contributed by atoms with Gasteiger partial charge in [0.25, 0.3) is 5.69 Å². The molecular weight excluding hydrogens is 242 g/mol. The number of hydrogen-bond acceptors (Lipinski definition) is 4. The minimum absolute atomic E-state index is 0.0455. The van der Waals surface area contributed by atoms with E-state index in [1.165, 1.54) is 0 Å². The van der Waals surface area contributed by atoms with E-state index in [1.54, 1.807) is 12.1 Å². The summed E-state index contributed by atoms with van der Waals surface area (Å²) < 4.78 is 0. The zero-order valence-corrected chi connectivity index (χ0v) is 11.5. The number of nitrogens with zero attached hydrogens (tertiary/aromatic N) is 2. The Morgan fingerprint density at radius 2 is 2.16 bits per heavy atom. The van der Waals surface area contributed by atoms with Crippen molar-refractivity contribution in [3.05, 3.63) is 39.9 Å². The van der Waals surface area contributed by atoms with E-state index in [-0.39, 0.29) is 22.7 Å². The average molecular weight is 263 g/mol. The fourth-order valence-electron chi connectivity index (χ4n) is 2.99. The second-order valence-electron chi connectivity index (χ2n) is 5.36. The third kappa shape index (κ3) is 2.93. The van der Waals surface area contributed by atoms with Crippen LogP contribution in [0.3, 0.4) is 0 Å². The quantitative estimate of drug-likeness (QED) is 0.671. The van der Waals surface area contributed by atoms with Crippen molar-refractivity contribution >= 4 is 5.69 Å². The zero-order chi connectivity index (χ0) is 14.0. The number of nitrogens with two attached hydrogens (primary N) is 1. The van der Waals surface area contributed by atoms with Gasteiger partial charge in [0, 0.05) is 36.3 Å². The molecule has 3 atom stereocenters. The van der Waals surface area contributed by atoms with Crippen LogP contribution in [0.15, 0.2) is 24.3 Å². The molecule has 1 aromatic rings. The van der Waals surface area contributed by atoms with Crippen LogP contribution < -0.4 is 5.73 Å². The van der Waals surface area contributed by atoms with Crippen LogP contribution in [0.2, 0.25) is 0 Å². The molecule has 1 aromatic carbocycles. The largest absolute Gasteiger partial charge is 0.328 e. The highest BCUT2D eigenvalue weighted by atomic mass is 16.6. The molecule has 2 rings (SSSR count). The number of nitro groups is 1. The van der Waals surface area contributed by atoms with Gasteiger partial charge in [-0.2, -0.15) is 0 Å². The number of piperidine rings is 1. The first kappa shape index (κ1) is 14.0. The monoisotopic (exact) mass is 263 g/mol. The molecule has 1 saturated heterocycles. The Bertz CT molecular complexity index is 464. The lowest BCUT2D eigenvalue weighted by Crippen LogP contribution is -2.46. The van der Waals surface area contributed by atoms with Gasteiger partial charge in [0.15, 0.2) is 0 Å². The topological polar surface area (TPSA) is 72.4 Å². The first-order valence-corrected chi connectivity index (χ1v) is 6.75. The van der Waals surface area contributed by atoms with Crippen LogP contribution >= 0.6 is 0 Å². The van der Waals surface area contributed by atoms with Gasteiger partial charge in [-0.15, -0.1) is 0 Å². The molecule has 0 bridgehead atoms. The smallest absolute Gasteiger partial charge is 0.274 e. The molecule has 0 radical (unpaired) electrons. The third-order valence-electron chi connectivity index (χ3n) is 4.05. The second-order valence-corrected chi connectivity index (χ2v) is 5.36. The number of rotatable bonds is 3. The fraction of sp³-hybridized carbons (Fsp3) is 0.571. The van der Waals surface area contributed by atoms with Crippen LogP contribution in [0.1, 0.15) is 38.3 Å². The van der Waals surface area contributed by atoms with Crippen molar-refractivity contribution < 1.29 is 4.92 Å². The summed E-state index contributed by atoms with van der Waals surface area (Å²) in [6.45, 7) is 5.08. The van der Waals surface area contributed by atoms with Crippen LogP contribution in [-0.4, -0.2) is 28.5 Å². The Kier molecular flexibility index (Phi) is 4.17. The molecule has 5 nitrogen and oxygen atoms in total. The standard InChI is InChI=1S/C14H21N3O2/c1-10-9-12(15)7-8-16(10)11(2)13-5-3-4-6-14(13)17(18)19/h3-6,10-12H,7-9,15H2,1-2H3. The molecule has 104 valence electrons. The summed E-state index contributed by atoms with van der Waals surface area (Å²) in [5, 5.41) is 11.1. The molecule has 1 fully saturated rings. The molecule has 0 aliphatic carbocycles. The van der Waals surface area contributed by atoms with Crippen molar-refractivity contribution in [2.45, 2.75) is 44.8 Å². The molecule has 0 saturated carbocycles. The number of likely N-dealkylation sites (tertiary alicyclic amines) is 1. The van der Waals surface area contributed by atoms with Gasteiger partial charge in [0.05, 0.1) is 4.92 Å². The van der Waals surface area contributed by atoms with Crippen molar-refractivity contribution in [2.75, 3.05) is 6.54 Å². The van der Waals surface area contributed by atoms with Gasteiger partial charge in [0.1, 0.15) is 0 Å². The lowest BCUT2D eigenvalue weighted by Gasteiger charge is -2.40. The minimum Gasteiger partial charge on any atom is -0.328 e. The highest BCUT2D eigenvalue weighted by molar-refractivity contribution is 5.41. The van der Waals surface area contributed by atoms with Gasteiger partial charge in [-0.25, -0.2) is 0 Å². The molecule has 5 heteroatoms. The summed E-state index contributed by atoms with van der Waals surface area (Å²) in [6.07, 6.45) is 1.90. The maximum absolute atomic E-state index is 11.1. The molecule has 2 N–H and O–H groups in total. The van der Waals surface area contributed by atoms with Crippen molar-refractivity contribution in [2.24, 2.45) is 5.73 Å². The molecule has 0 spiro atoms. The summed E-state index contributed by atoms with van der Waals surface area (Å²) >= 11 is 0. The number of hydrogen-bond donors (Lipinski definition) is 1. The Hall–Kier alpha value is -1.46. The fourth-order valence-corrected chi connectivity index (χ4v) is 2.99. The predicted molar refractivity (Wildman–Crippen MR) is 74.9 cm³/mol. The molecule has 19 heavy (non-hydrogen) atoms. The van der Waals surface area contributed by atoms with Gasteiger partial charge in [-0.1, -0.05) is 18.2 Å². The van der Waals surface area contributed by atoms with Gasteiger partial charge in [-0.3, -0.25) is 15.0 Å². The second kappa shape index (κ2) is 5.67. The lowest BCUT2D eigenvalue weighted by atomic mass is 9.94. The highest BCUT2D eigenvalue weighted by Gasteiger charge is 2.30. The zero-order valence-electron chi connectivity index (χ0n) is 11.5. The van der Waals surface area contributed by atoms with Crippen LogP contribution in [0.5, 0.6) is 0 Å². The highest BCUT2D eigenvalue weighted by Crippen LogP contribution is 2.32. The summed E-state index contributed by atoms with van der Waals surface area (Å²) in [5.74, 6) is 0. The molecule has 0 aromatic heterocycles. The Morgan fingerprint density at radius 3 is 2.79 bits per heavy atom. The average Bonchev–Trinajstić information content (AvgIpc) is 2.38. The maximum atomic E-state index is 11.1. The molecule has 1 aliphatic rings. The molecular formula is C14H21N3O2. The van der Waals surface area contributed by atoms with Gasteiger partial charge >= 0.3 is 0 Å². The predicted octanol–water partition coefficient (Wildman–Crippen LogP) is 2.47. The first-order chi connectivity index (χ1) is 9.00. The van der Waals surface area contributed by atoms with E-state index in [4.69, 9.17) is 5.73 Å². The van der Waals surface area contributed by atoms with E-state index in [2.05, 4.69) is 11.8 Å². The summed E-state index contributed by atoms with van der Waals surface area (Å²) in [6, 6.07) is 7.66.